The molecule has 0 bridgehead atoms. The Balaban J connectivity index is 1.67. The lowest BCUT2D eigenvalue weighted by atomic mass is 10.0. The van der Waals surface area contributed by atoms with E-state index >= 15 is 0 Å². The van der Waals surface area contributed by atoms with E-state index in [2.05, 4.69) is 28.3 Å². The van der Waals surface area contributed by atoms with Crippen LogP contribution >= 0.6 is 11.3 Å². The number of H-pyrrole nitrogens is 1. The van der Waals surface area contributed by atoms with E-state index in [-0.39, 0.29) is 0 Å². The van der Waals surface area contributed by atoms with Gasteiger partial charge in [-0.2, -0.15) is 5.26 Å². The van der Waals surface area contributed by atoms with E-state index in [9.17, 15) is 10.1 Å². The zero-order valence-electron chi connectivity index (χ0n) is 19.7. The van der Waals surface area contributed by atoms with Crippen molar-refractivity contribution in [2.75, 3.05) is 11.9 Å². The minimum atomic E-state index is 0.468. The number of rotatable bonds is 7. The zero-order chi connectivity index (χ0) is 24.5. The first-order valence-electron chi connectivity index (χ1n) is 11.4. The number of pyridine rings is 1. The lowest BCUT2D eigenvalue weighted by Crippen LogP contribution is -2.01. The molecule has 0 unspecified atom stereocenters. The van der Waals surface area contributed by atoms with Gasteiger partial charge < -0.3 is 15.0 Å². The van der Waals surface area contributed by atoms with Gasteiger partial charge in [0, 0.05) is 44.8 Å². The Kier molecular flexibility index (Phi) is 5.98. The number of benzene rings is 2. The number of nitrogens with one attached hydrogen (secondary N) is 2. The van der Waals surface area contributed by atoms with Crippen molar-refractivity contribution >= 4 is 50.1 Å². The third kappa shape index (κ3) is 4.02. The molecule has 7 heteroatoms. The highest BCUT2D eigenvalue weighted by Crippen LogP contribution is 2.43. The van der Waals surface area contributed by atoms with Crippen LogP contribution < -0.4 is 10.1 Å². The lowest BCUT2D eigenvalue weighted by molar-refractivity contribution is 0.111. The van der Waals surface area contributed by atoms with Gasteiger partial charge in [0.25, 0.3) is 0 Å². The highest BCUT2D eigenvalue weighted by atomic mass is 32.1. The Labute approximate surface area is 207 Å². The summed E-state index contributed by atoms with van der Waals surface area (Å²) in [5.74, 6) is 0.586. The molecular weight excluding hydrogens is 456 g/mol. The summed E-state index contributed by atoms with van der Waals surface area (Å²) in [7, 11) is 0. The molecule has 0 atom stereocenters. The number of carbonyl (C=O) groups excluding carboxylic acids is 1. The minimum absolute atomic E-state index is 0.468. The number of fused-ring (bicyclic) bond motifs is 2. The van der Waals surface area contributed by atoms with Gasteiger partial charge in [0.2, 0.25) is 0 Å². The van der Waals surface area contributed by atoms with Gasteiger partial charge in [-0.25, -0.2) is 4.98 Å². The second-order valence-corrected chi connectivity index (χ2v) is 9.52. The third-order valence-corrected chi connectivity index (χ3v) is 7.13. The van der Waals surface area contributed by atoms with Crippen LogP contribution in [-0.4, -0.2) is 22.9 Å². The average molecular weight is 481 g/mol. The van der Waals surface area contributed by atoms with Crippen molar-refractivity contribution in [3.63, 3.8) is 0 Å². The molecule has 0 amide bonds. The summed E-state index contributed by atoms with van der Waals surface area (Å²) >= 11 is 1.52. The highest BCUT2D eigenvalue weighted by Gasteiger charge is 2.19. The SMILES string of the molecule is CCCOc1c(C=O)cc(C)cc1-c1cc2c(Nc3ccc4[nH]ccc4c3C)c(C#N)cnc2s1. The van der Waals surface area contributed by atoms with E-state index in [1.54, 1.807) is 6.20 Å². The first-order valence-corrected chi connectivity index (χ1v) is 12.2. The second kappa shape index (κ2) is 9.24. The van der Waals surface area contributed by atoms with E-state index < -0.39 is 0 Å². The molecule has 0 spiro atoms. The molecule has 3 heterocycles. The fourth-order valence-electron chi connectivity index (χ4n) is 4.33. The van der Waals surface area contributed by atoms with Gasteiger partial charge in [-0.05, 0) is 67.8 Å². The number of ether oxygens (including phenoxy) is 1. The zero-order valence-corrected chi connectivity index (χ0v) is 20.5. The van der Waals surface area contributed by atoms with E-state index in [1.807, 2.05) is 56.4 Å². The van der Waals surface area contributed by atoms with Gasteiger partial charge >= 0.3 is 0 Å². The van der Waals surface area contributed by atoms with Crippen LogP contribution in [0.1, 0.15) is 40.4 Å². The quantitative estimate of drug-likeness (QED) is 0.239. The standard InChI is InChI=1S/C28H24N4O2S/c1-4-9-34-27-18(15-33)10-16(2)11-21(27)25-12-22-26(19(13-29)14-31-28(22)35-25)32-23-5-6-24-20(17(23)3)7-8-30-24/h5-8,10-12,14-15,30H,4,9H2,1-3H3,(H,31,32). The van der Waals surface area contributed by atoms with Gasteiger partial charge in [0.05, 0.1) is 23.4 Å². The first-order chi connectivity index (χ1) is 17.0. The van der Waals surface area contributed by atoms with Crippen molar-refractivity contribution < 1.29 is 9.53 Å². The predicted octanol–water partition coefficient (Wildman–Crippen LogP) is 7.28. The van der Waals surface area contributed by atoms with Gasteiger partial charge in [0.1, 0.15) is 16.6 Å². The summed E-state index contributed by atoms with van der Waals surface area (Å²) in [6, 6.07) is 14.3. The summed E-state index contributed by atoms with van der Waals surface area (Å²) in [4.78, 5) is 21.3. The summed E-state index contributed by atoms with van der Waals surface area (Å²) < 4.78 is 6.02. The first kappa shape index (κ1) is 22.6. The van der Waals surface area contributed by atoms with Crippen molar-refractivity contribution in [3.8, 4) is 22.3 Å². The molecule has 5 aromatic rings. The molecule has 0 fully saturated rings. The average Bonchev–Trinajstić information content (AvgIpc) is 3.52. The molecule has 0 aliphatic rings. The number of aromatic nitrogens is 2. The number of thiophene rings is 1. The number of aromatic amines is 1. The molecule has 35 heavy (non-hydrogen) atoms. The third-order valence-electron chi connectivity index (χ3n) is 6.05. The van der Waals surface area contributed by atoms with Gasteiger partial charge in [-0.15, -0.1) is 11.3 Å². The maximum Gasteiger partial charge on any atom is 0.153 e. The number of hydrogen-bond acceptors (Lipinski definition) is 6. The maximum atomic E-state index is 11.8. The van der Waals surface area contributed by atoms with Crippen LogP contribution in [-0.2, 0) is 0 Å². The largest absolute Gasteiger partial charge is 0.492 e. The van der Waals surface area contributed by atoms with Crippen LogP contribution in [0.4, 0.5) is 11.4 Å². The predicted molar refractivity (Wildman–Crippen MR) is 142 cm³/mol. The minimum Gasteiger partial charge on any atom is -0.492 e. The molecule has 174 valence electrons. The van der Waals surface area contributed by atoms with Gasteiger partial charge in [-0.3, -0.25) is 4.79 Å². The fraction of sp³-hybridized carbons (Fsp3) is 0.179. The molecule has 0 aliphatic carbocycles. The Morgan fingerprint density at radius 2 is 2.06 bits per heavy atom. The van der Waals surface area contributed by atoms with Crippen LogP contribution in [0.5, 0.6) is 5.75 Å². The van der Waals surface area contributed by atoms with E-state index in [4.69, 9.17) is 4.74 Å². The normalized spacial score (nSPS) is 11.0. The van der Waals surface area contributed by atoms with Crippen molar-refractivity contribution in [2.24, 2.45) is 0 Å². The topological polar surface area (TPSA) is 90.8 Å². The highest BCUT2D eigenvalue weighted by molar-refractivity contribution is 7.22. The van der Waals surface area contributed by atoms with Crippen molar-refractivity contribution in [1.29, 1.82) is 5.26 Å². The van der Waals surface area contributed by atoms with Crippen LogP contribution in [0.25, 0.3) is 31.6 Å². The molecule has 6 nitrogen and oxygen atoms in total. The Morgan fingerprint density at radius 3 is 2.83 bits per heavy atom. The number of nitrogens with zero attached hydrogens (tertiary/aromatic N) is 2. The van der Waals surface area contributed by atoms with Gasteiger partial charge in [-0.1, -0.05) is 6.92 Å². The Bertz CT molecular complexity index is 1620. The van der Waals surface area contributed by atoms with Crippen molar-refractivity contribution in [3.05, 3.63) is 71.0 Å². The second-order valence-electron chi connectivity index (χ2n) is 8.49. The van der Waals surface area contributed by atoms with E-state index in [0.29, 0.717) is 23.5 Å². The number of anilines is 2. The molecule has 5 rings (SSSR count). The summed E-state index contributed by atoms with van der Waals surface area (Å²) in [5.41, 5.74) is 6.65. The molecule has 0 saturated heterocycles. The molecule has 0 aliphatic heterocycles. The number of carbonyl (C=O) groups is 1. The van der Waals surface area contributed by atoms with E-state index in [0.717, 1.165) is 66.8 Å². The number of aryl methyl sites for hydroxylation is 2. The summed E-state index contributed by atoms with van der Waals surface area (Å²) in [5, 5.41) is 15.3. The molecule has 2 N–H and O–H groups in total. The number of nitriles is 1. The van der Waals surface area contributed by atoms with Crippen LogP contribution in [0.2, 0.25) is 0 Å². The van der Waals surface area contributed by atoms with Crippen LogP contribution in [0, 0.1) is 25.2 Å². The van der Waals surface area contributed by atoms with Crippen LogP contribution in [0.15, 0.2) is 48.8 Å². The van der Waals surface area contributed by atoms with E-state index in [1.165, 1.54) is 11.3 Å². The molecular formula is C28H24N4O2S. The molecule has 3 aromatic heterocycles. The lowest BCUT2D eigenvalue weighted by Gasteiger charge is -2.13. The summed E-state index contributed by atoms with van der Waals surface area (Å²) in [6.07, 6.45) is 5.21. The molecule has 0 saturated carbocycles. The molecule has 2 aromatic carbocycles. The number of hydrogen-bond donors (Lipinski definition) is 2. The van der Waals surface area contributed by atoms with Gasteiger partial charge in [0.15, 0.2) is 6.29 Å². The van der Waals surface area contributed by atoms with Crippen molar-refractivity contribution in [2.45, 2.75) is 27.2 Å². The van der Waals surface area contributed by atoms with Crippen LogP contribution in [0.3, 0.4) is 0 Å². The Hall–Kier alpha value is -4.15. The Morgan fingerprint density at radius 1 is 1.20 bits per heavy atom. The molecule has 0 radical (unpaired) electrons. The fourth-order valence-corrected chi connectivity index (χ4v) is 5.36. The van der Waals surface area contributed by atoms with Crippen molar-refractivity contribution in [1.82, 2.24) is 9.97 Å². The monoisotopic (exact) mass is 480 g/mol. The number of aldehydes is 1. The maximum absolute atomic E-state index is 11.8. The summed E-state index contributed by atoms with van der Waals surface area (Å²) in [6.45, 7) is 6.58. The smallest absolute Gasteiger partial charge is 0.153 e.